The first-order valence-electron chi connectivity index (χ1n) is 5.62. The summed E-state index contributed by atoms with van der Waals surface area (Å²) in [5.74, 6) is 0. The van der Waals surface area contributed by atoms with Gasteiger partial charge in [0.1, 0.15) is 5.15 Å². The first-order chi connectivity index (χ1) is 7.27. The van der Waals surface area contributed by atoms with E-state index in [1.807, 2.05) is 21.0 Å². The average molecular weight is 244 g/mol. The second-order valence-electron chi connectivity index (χ2n) is 5.39. The van der Waals surface area contributed by atoms with Crippen LogP contribution < -0.4 is 5.32 Å². The SMILES string of the molecule is CNC(Cc1c(C)nn(C)c1Cl)C(C)(C)C. The maximum Gasteiger partial charge on any atom is 0.130 e. The van der Waals surface area contributed by atoms with Gasteiger partial charge in [-0.05, 0) is 25.8 Å². The number of hydrogen-bond acceptors (Lipinski definition) is 2. The highest BCUT2D eigenvalue weighted by Gasteiger charge is 2.25. The number of halogens is 1. The summed E-state index contributed by atoms with van der Waals surface area (Å²) in [6.07, 6.45) is 0.915. The number of rotatable bonds is 3. The van der Waals surface area contributed by atoms with Crippen molar-refractivity contribution in [3.8, 4) is 0 Å². The Morgan fingerprint density at radius 3 is 2.31 bits per heavy atom. The molecule has 1 heterocycles. The molecule has 0 fully saturated rings. The molecule has 16 heavy (non-hydrogen) atoms. The molecule has 1 rings (SSSR count). The van der Waals surface area contributed by atoms with E-state index in [1.165, 1.54) is 0 Å². The monoisotopic (exact) mass is 243 g/mol. The molecule has 0 spiro atoms. The quantitative estimate of drug-likeness (QED) is 0.885. The highest BCUT2D eigenvalue weighted by Crippen LogP contribution is 2.27. The third-order valence-electron chi connectivity index (χ3n) is 3.07. The van der Waals surface area contributed by atoms with Crippen LogP contribution in [0.4, 0.5) is 0 Å². The fraction of sp³-hybridized carbons (Fsp3) is 0.750. The summed E-state index contributed by atoms with van der Waals surface area (Å²) in [4.78, 5) is 0. The van der Waals surface area contributed by atoms with Gasteiger partial charge in [-0.3, -0.25) is 4.68 Å². The smallest absolute Gasteiger partial charge is 0.130 e. The van der Waals surface area contributed by atoms with Crippen molar-refractivity contribution in [1.82, 2.24) is 15.1 Å². The van der Waals surface area contributed by atoms with Crippen molar-refractivity contribution in [2.24, 2.45) is 12.5 Å². The molecule has 3 nitrogen and oxygen atoms in total. The highest BCUT2D eigenvalue weighted by molar-refractivity contribution is 6.30. The minimum atomic E-state index is 0.209. The summed E-state index contributed by atoms with van der Waals surface area (Å²) in [5, 5.41) is 8.45. The summed E-state index contributed by atoms with van der Waals surface area (Å²) in [5.41, 5.74) is 2.39. The molecule has 0 aliphatic heterocycles. The van der Waals surface area contributed by atoms with Crippen molar-refractivity contribution in [1.29, 1.82) is 0 Å². The maximum absolute atomic E-state index is 6.24. The van der Waals surface area contributed by atoms with E-state index >= 15 is 0 Å². The van der Waals surface area contributed by atoms with Crippen LogP contribution in [-0.4, -0.2) is 22.9 Å². The second-order valence-corrected chi connectivity index (χ2v) is 5.75. The van der Waals surface area contributed by atoms with Crippen LogP contribution >= 0.6 is 11.6 Å². The van der Waals surface area contributed by atoms with Crippen LogP contribution in [0.2, 0.25) is 5.15 Å². The number of hydrogen-bond donors (Lipinski definition) is 1. The number of nitrogens with one attached hydrogen (secondary N) is 1. The van der Waals surface area contributed by atoms with Crippen molar-refractivity contribution in [2.45, 2.75) is 40.2 Å². The molecule has 4 heteroatoms. The molecule has 0 bridgehead atoms. The zero-order chi connectivity index (χ0) is 12.5. The van der Waals surface area contributed by atoms with Gasteiger partial charge in [0.05, 0.1) is 5.69 Å². The number of aromatic nitrogens is 2. The van der Waals surface area contributed by atoms with Crippen molar-refractivity contribution < 1.29 is 0 Å². The van der Waals surface area contributed by atoms with E-state index in [4.69, 9.17) is 11.6 Å². The molecule has 0 amide bonds. The minimum Gasteiger partial charge on any atom is -0.316 e. The first kappa shape index (κ1) is 13.5. The Balaban J connectivity index is 2.95. The van der Waals surface area contributed by atoms with Crippen molar-refractivity contribution >= 4 is 11.6 Å². The van der Waals surface area contributed by atoms with Gasteiger partial charge in [0, 0.05) is 18.7 Å². The Morgan fingerprint density at radius 2 is 2.00 bits per heavy atom. The third kappa shape index (κ3) is 2.77. The predicted octanol–water partition coefficient (Wildman–Crippen LogP) is 2.56. The standard InChI is InChI=1S/C12H22ClN3/c1-8-9(11(13)16(6)15-8)7-10(14-5)12(2,3)4/h10,14H,7H2,1-6H3. The van der Waals surface area contributed by atoms with Crippen molar-refractivity contribution in [2.75, 3.05) is 7.05 Å². The van der Waals surface area contributed by atoms with Crippen LogP contribution in [0.3, 0.4) is 0 Å². The lowest BCUT2D eigenvalue weighted by Gasteiger charge is -2.30. The number of likely N-dealkylation sites (N-methyl/N-ethyl adjacent to an activating group) is 1. The molecule has 1 atom stereocenters. The zero-order valence-corrected chi connectivity index (χ0v) is 11.8. The van der Waals surface area contributed by atoms with Crippen molar-refractivity contribution in [3.63, 3.8) is 0 Å². The van der Waals surface area contributed by atoms with Gasteiger partial charge in [-0.15, -0.1) is 0 Å². The summed E-state index contributed by atoms with van der Waals surface area (Å²) < 4.78 is 1.74. The van der Waals surface area contributed by atoms with Crippen LogP contribution in [0.1, 0.15) is 32.0 Å². The fourth-order valence-electron chi connectivity index (χ4n) is 1.95. The molecule has 1 N–H and O–H groups in total. The Labute approximate surface area is 103 Å². The summed E-state index contributed by atoms with van der Waals surface area (Å²) in [7, 11) is 3.87. The average Bonchev–Trinajstić information content (AvgIpc) is 2.37. The molecular weight excluding hydrogens is 222 g/mol. The maximum atomic E-state index is 6.24. The van der Waals surface area contributed by atoms with E-state index in [1.54, 1.807) is 4.68 Å². The Morgan fingerprint density at radius 1 is 1.44 bits per heavy atom. The molecule has 0 aliphatic rings. The van der Waals surface area contributed by atoms with Crippen LogP contribution in [0.15, 0.2) is 0 Å². The first-order valence-corrected chi connectivity index (χ1v) is 6.00. The van der Waals surface area contributed by atoms with Gasteiger partial charge in [0.25, 0.3) is 0 Å². The lowest BCUT2D eigenvalue weighted by atomic mass is 9.83. The summed E-state index contributed by atoms with van der Waals surface area (Å²) in [6, 6.07) is 0.396. The summed E-state index contributed by atoms with van der Waals surface area (Å²) >= 11 is 6.24. The van der Waals surface area contributed by atoms with Crippen LogP contribution in [0.25, 0.3) is 0 Å². The Bertz CT molecular complexity index is 363. The van der Waals surface area contributed by atoms with E-state index in [0.29, 0.717) is 6.04 Å². The highest BCUT2D eigenvalue weighted by atomic mass is 35.5. The molecule has 0 aliphatic carbocycles. The van der Waals surface area contributed by atoms with Gasteiger partial charge in [0.2, 0.25) is 0 Å². The molecule has 1 aromatic heterocycles. The number of aryl methyl sites for hydroxylation is 2. The lowest BCUT2D eigenvalue weighted by molar-refractivity contribution is 0.279. The zero-order valence-electron chi connectivity index (χ0n) is 11.1. The predicted molar refractivity (Wildman–Crippen MR) is 69.0 cm³/mol. The van der Waals surface area contributed by atoms with Gasteiger partial charge < -0.3 is 5.32 Å². The molecule has 1 aromatic rings. The fourth-order valence-corrected chi connectivity index (χ4v) is 2.20. The van der Waals surface area contributed by atoms with Gasteiger partial charge in [-0.1, -0.05) is 32.4 Å². The van der Waals surface area contributed by atoms with Gasteiger partial charge in [0.15, 0.2) is 0 Å². The van der Waals surface area contributed by atoms with Gasteiger partial charge in [-0.25, -0.2) is 0 Å². The summed E-state index contributed by atoms with van der Waals surface area (Å²) in [6.45, 7) is 8.70. The third-order valence-corrected chi connectivity index (χ3v) is 3.54. The largest absolute Gasteiger partial charge is 0.316 e. The molecular formula is C12H22ClN3. The molecule has 92 valence electrons. The lowest BCUT2D eigenvalue weighted by Crippen LogP contribution is -2.39. The minimum absolute atomic E-state index is 0.209. The van der Waals surface area contributed by atoms with E-state index < -0.39 is 0 Å². The van der Waals surface area contributed by atoms with Crippen LogP contribution in [0.5, 0.6) is 0 Å². The molecule has 0 saturated carbocycles. The molecule has 1 unspecified atom stereocenters. The Kier molecular flexibility index (Phi) is 4.02. The van der Waals surface area contributed by atoms with Crippen LogP contribution in [0, 0.1) is 12.3 Å². The van der Waals surface area contributed by atoms with Crippen LogP contribution in [-0.2, 0) is 13.5 Å². The second kappa shape index (κ2) is 4.76. The number of nitrogens with zero attached hydrogens (tertiary/aromatic N) is 2. The Hall–Kier alpha value is -0.540. The normalized spacial score (nSPS) is 14.2. The molecule has 0 saturated heterocycles. The molecule has 0 radical (unpaired) electrons. The topological polar surface area (TPSA) is 29.9 Å². The van der Waals surface area contributed by atoms with E-state index in [2.05, 4.69) is 31.2 Å². The van der Waals surface area contributed by atoms with Gasteiger partial charge >= 0.3 is 0 Å². The van der Waals surface area contributed by atoms with E-state index in [9.17, 15) is 0 Å². The van der Waals surface area contributed by atoms with Crippen molar-refractivity contribution in [3.05, 3.63) is 16.4 Å². The molecule has 0 aromatic carbocycles. The van der Waals surface area contributed by atoms with Gasteiger partial charge in [-0.2, -0.15) is 5.10 Å². The van der Waals surface area contributed by atoms with E-state index in [0.717, 1.165) is 22.8 Å². The van der Waals surface area contributed by atoms with E-state index in [-0.39, 0.29) is 5.41 Å².